The van der Waals surface area contributed by atoms with Crippen molar-refractivity contribution in [1.29, 1.82) is 0 Å². The average molecular weight is 359 g/mol. The second-order valence-corrected chi connectivity index (χ2v) is 6.20. The summed E-state index contributed by atoms with van der Waals surface area (Å²) in [6, 6.07) is 7.12. The molecule has 0 aliphatic heterocycles. The summed E-state index contributed by atoms with van der Waals surface area (Å²) in [6.45, 7) is 4.11. The van der Waals surface area contributed by atoms with Gasteiger partial charge in [-0.3, -0.25) is 9.59 Å². The zero-order valence-corrected chi connectivity index (χ0v) is 14.8. The standard InChI is InChI=1S/C18H19ClN4O2/c1-3-12-13(17(24)23-22-14(12)4-2)9-20-18(25)16-8-10-7-11(19)5-6-15(10)21-16/h5-8,21H,3-4,9H2,1-2H3,(H,20,25)(H,23,24). The lowest BCUT2D eigenvalue weighted by Gasteiger charge is -2.11. The van der Waals surface area contributed by atoms with Crippen molar-refractivity contribution in [2.45, 2.75) is 33.2 Å². The van der Waals surface area contributed by atoms with Crippen LogP contribution in [0.2, 0.25) is 5.02 Å². The maximum Gasteiger partial charge on any atom is 0.269 e. The van der Waals surface area contributed by atoms with Gasteiger partial charge >= 0.3 is 0 Å². The summed E-state index contributed by atoms with van der Waals surface area (Å²) in [5.74, 6) is -0.274. The van der Waals surface area contributed by atoms with Crippen LogP contribution in [0.15, 0.2) is 29.1 Å². The van der Waals surface area contributed by atoms with E-state index >= 15 is 0 Å². The van der Waals surface area contributed by atoms with E-state index in [0.717, 1.165) is 28.6 Å². The number of hydrogen-bond acceptors (Lipinski definition) is 3. The number of nitrogens with zero attached hydrogens (tertiary/aromatic N) is 1. The Labute approximate surface area is 149 Å². The number of H-pyrrole nitrogens is 2. The zero-order chi connectivity index (χ0) is 18.0. The molecular formula is C18H19ClN4O2. The van der Waals surface area contributed by atoms with Crippen molar-refractivity contribution in [3.63, 3.8) is 0 Å². The fourth-order valence-electron chi connectivity index (χ4n) is 2.95. The summed E-state index contributed by atoms with van der Waals surface area (Å²) in [5, 5.41) is 10.9. The molecule has 1 aromatic carbocycles. The highest BCUT2D eigenvalue weighted by Gasteiger charge is 2.14. The number of hydrogen-bond donors (Lipinski definition) is 3. The molecule has 130 valence electrons. The average Bonchev–Trinajstić information content (AvgIpc) is 3.03. The largest absolute Gasteiger partial charge is 0.351 e. The Bertz CT molecular complexity index is 990. The smallest absolute Gasteiger partial charge is 0.269 e. The van der Waals surface area contributed by atoms with E-state index < -0.39 is 0 Å². The van der Waals surface area contributed by atoms with E-state index in [-0.39, 0.29) is 18.0 Å². The SMILES string of the molecule is CCc1n[nH]c(=O)c(CNC(=O)c2cc3cc(Cl)ccc3[nH]2)c1CC. The van der Waals surface area contributed by atoms with E-state index in [0.29, 0.717) is 22.7 Å². The van der Waals surface area contributed by atoms with E-state index in [1.807, 2.05) is 19.9 Å². The van der Waals surface area contributed by atoms with Gasteiger partial charge < -0.3 is 10.3 Å². The first-order valence-corrected chi connectivity index (χ1v) is 8.57. The zero-order valence-electron chi connectivity index (χ0n) is 14.1. The van der Waals surface area contributed by atoms with Gasteiger partial charge in [0.25, 0.3) is 11.5 Å². The molecule has 6 nitrogen and oxygen atoms in total. The van der Waals surface area contributed by atoms with Gasteiger partial charge in [0.1, 0.15) is 5.69 Å². The van der Waals surface area contributed by atoms with Crippen LogP contribution in [-0.2, 0) is 19.4 Å². The molecule has 1 amide bonds. The molecular weight excluding hydrogens is 340 g/mol. The predicted octanol–water partition coefficient (Wildman–Crippen LogP) is 2.96. The second-order valence-electron chi connectivity index (χ2n) is 5.76. The molecule has 0 aliphatic rings. The lowest BCUT2D eigenvalue weighted by Crippen LogP contribution is -2.29. The van der Waals surface area contributed by atoms with E-state index in [1.54, 1.807) is 18.2 Å². The maximum absolute atomic E-state index is 12.4. The molecule has 3 aromatic rings. The number of aromatic nitrogens is 3. The Balaban J connectivity index is 1.83. The quantitative estimate of drug-likeness (QED) is 0.654. The van der Waals surface area contributed by atoms with E-state index in [9.17, 15) is 9.59 Å². The predicted molar refractivity (Wildman–Crippen MR) is 98.1 cm³/mol. The first-order valence-electron chi connectivity index (χ1n) is 8.19. The summed E-state index contributed by atoms with van der Waals surface area (Å²) in [4.78, 5) is 27.6. The summed E-state index contributed by atoms with van der Waals surface area (Å²) in [5.41, 5.74) is 3.30. The molecule has 0 unspecified atom stereocenters. The van der Waals surface area contributed by atoms with Crippen LogP contribution in [0.3, 0.4) is 0 Å². The van der Waals surface area contributed by atoms with Crippen LogP contribution in [0, 0.1) is 0 Å². The van der Waals surface area contributed by atoms with Crippen LogP contribution in [0.5, 0.6) is 0 Å². The van der Waals surface area contributed by atoms with Gasteiger partial charge in [0, 0.05) is 28.0 Å². The van der Waals surface area contributed by atoms with Crippen molar-refractivity contribution < 1.29 is 4.79 Å². The minimum absolute atomic E-state index is 0.156. The number of aromatic amines is 2. The van der Waals surface area contributed by atoms with Crippen LogP contribution < -0.4 is 10.9 Å². The molecule has 0 bridgehead atoms. The number of amides is 1. The van der Waals surface area contributed by atoms with Crippen LogP contribution >= 0.6 is 11.6 Å². The Kier molecular flexibility index (Phi) is 4.90. The summed E-state index contributed by atoms with van der Waals surface area (Å²) >= 11 is 5.97. The molecule has 3 rings (SSSR count). The summed E-state index contributed by atoms with van der Waals surface area (Å²) in [7, 11) is 0. The Morgan fingerprint density at radius 1 is 1.20 bits per heavy atom. The molecule has 0 saturated carbocycles. The molecule has 2 heterocycles. The van der Waals surface area contributed by atoms with E-state index in [4.69, 9.17) is 11.6 Å². The Morgan fingerprint density at radius 3 is 2.72 bits per heavy atom. The van der Waals surface area contributed by atoms with Gasteiger partial charge in [-0.05, 0) is 42.7 Å². The van der Waals surface area contributed by atoms with Gasteiger partial charge in [-0.15, -0.1) is 0 Å². The molecule has 0 radical (unpaired) electrons. The molecule has 3 N–H and O–H groups in total. The van der Waals surface area contributed by atoms with Crippen LogP contribution in [-0.4, -0.2) is 21.1 Å². The minimum atomic E-state index is -0.274. The lowest BCUT2D eigenvalue weighted by molar-refractivity contribution is 0.0946. The lowest BCUT2D eigenvalue weighted by atomic mass is 10.0. The Morgan fingerprint density at radius 2 is 2.00 bits per heavy atom. The maximum atomic E-state index is 12.4. The van der Waals surface area contributed by atoms with Gasteiger partial charge in [0.2, 0.25) is 0 Å². The van der Waals surface area contributed by atoms with Gasteiger partial charge in [0.05, 0.1) is 5.69 Å². The van der Waals surface area contributed by atoms with Crippen molar-refractivity contribution in [2.75, 3.05) is 0 Å². The normalized spacial score (nSPS) is 11.0. The molecule has 0 saturated heterocycles. The Hall–Kier alpha value is -2.60. The highest BCUT2D eigenvalue weighted by molar-refractivity contribution is 6.31. The summed E-state index contributed by atoms with van der Waals surface area (Å²) < 4.78 is 0. The van der Waals surface area contributed by atoms with Crippen molar-refractivity contribution >= 4 is 28.4 Å². The third-order valence-corrected chi connectivity index (χ3v) is 4.46. The molecule has 0 fully saturated rings. The molecule has 2 aromatic heterocycles. The first kappa shape index (κ1) is 17.2. The summed E-state index contributed by atoms with van der Waals surface area (Å²) in [6.07, 6.45) is 1.42. The fourth-order valence-corrected chi connectivity index (χ4v) is 3.13. The number of rotatable bonds is 5. The van der Waals surface area contributed by atoms with Crippen molar-refractivity contribution in [2.24, 2.45) is 0 Å². The third kappa shape index (κ3) is 3.44. The molecule has 0 spiro atoms. The van der Waals surface area contributed by atoms with Crippen molar-refractivity contribution in [1.82, 2.24) is 20.5 Å². The van der Waals surface area contributed by atoms with Gasteiger partial charge in [-0.1, -0.05) is 25.4 Å². The van der Waals surface area contributed by atoms with E-state index in [2.05, 4.69) is 20.5 Å². The van der Waals surface area contributed by atoms with Gasteiger partial charge in [-0.2, -0.15) is 5.10 Å². The number of carbonyl (C=O) groups is 1. The highest BCUT2D eigenvalue weighted by Crippen LogP contribution is 2.20. The number of nitrogens with one attached hydrogen (secondary N) is 3. The van der Waals surface area contributed by atoms with Crippen molar-refractivity contribution in [3.05, 3.63) is 62.2 Å². The number of benzene rings is 1. The van der Waals surface area contributed by atoms with Crippen LogP contribution in [0.25, 0.3) is 10.9 Å². The molecule has 0 atom stereocenters. The number of aryl methyl sites for hydroxylation is 1. The first-order chi connectivity index (χ1) is 12.0. The van der Waals surface area contributed by atoms with Gasteiger partial charge in [-0.25, -0.2) is 5.10 Å². The fraction of sp³-hybridized carbons (Fsp3) is 0.278. The molecule has 25 heavy (non-hydrogen) atoms. The minimum Gasteiger partial charge on any atom is -0.351 e. The third-order valence-electron chi connectivity index (χ3n) is 4.22. The van der Waals surface area contributed by atoms with Crippen LogP contribution in [0.4, 0.5) is 0 Å². The van der Waals surface area contributed by atoms with Crippen molar-refractivity contribution in [3.8, 4) is 0 Å². The molecule has 0 aliphatic carbocycles. The topological polar surface area (TPSA) is 90.6 Å². The van der Waals surface area contributed by atoms with Gasteiger partial charge in [0.15, 0.2) is 0 Å². The van der Waals surface area contributed by atoms with Crippen LogP contribution in [0.1, 0.15) is 41.2 Å². The number of fused-ring (bicyclic) bond motifs is 1. The molecule has 7 heteroatoms. The van der Waals surface area contributed by atoms with E-state index in [1.165, 1.54) is 0 Å². The highest BCUT2D eigenvalue weighted by atomic mass is 35.5. The monoisotopic (exact) mass is 358 g/mol. The second kappa shape index (κ2) is 7.11. The number of carbonyl (C=O) groups excluding carboxylic acids is 1. The number of halogens is 1.